The van der Waals surface area contributed by atoms with Crippen LogP contribution in [-0.4, -0.2) is 50.0 Å². The average Bonchev–Trinajstić information content (AvgIpc) is 3.17. The van der Waals surface area contributed by atoms with E-state index in [9.17, 15) is 18.0 Å². The van der Waals surface area contributed by atoms with E-state index < -0.39 is 15.8 Å². The fourth-order valence-corrected chi connectivity index (χ4v) is 5.39. The van der Waals surface area contributed by atoms with Gasteiger partial charge in [0.2, 0.25) is 5.78 Å². The summed E-state index contributed by atoms with van der Waals surface area (Å²) in [4.78, 5) is 24.5. The quantitative estimate of drug-likeness (QED) is 0.542. The largest absolute Gasteiger partial charge is 0.485 e. The van der Waals surface area contributed by atoms with E-state index in [4.69, 9.17) is 9.47 Å². The number of carbonyl (C=O) groups is 2. The summed E-state index contributed by atoms with van der Waals surface area (Å²) in [6, 6.07) is 8.18. The van der Waals surface area contributed by atoms with Crippen molar-refractivity contribution in [2.24, 2.45) is 0 Å². The number of aryl methyl sites for hydroxylation is 1. The predicted molar refractivity (Wildman–Crippen MR) is 104 cm³/mol. The maximum absolute atomic E-state index is 12.7. The number of rotatable bonds is 6. The molecule has 1 aromatic heterocycles. The minimum absolute atomic E-state index is 0.0972. The number of esters is 1. The molecule has 2 heterocycles. The van der Waals surface area contributed by atoms with Gasteiger partial charge in [0.15, 0.2) is 16.4 Å². The first-order valence-corrected chi connectivity index (χ1v) is 10.8. The number of carbonyl (C=O) groups excluding carboxylic acids is 2. The highest BCUT2D eigenvalue weighted by Gasteiger charge is 2.31. The Labute approximate surface area is 164 Å². The summed E-state index contributed by atoms with van der Waals surface area (Å²) in [6.45, 7) is 3.44. The number of methoxy groups -OCH3 is 1. The Morgan fingerprint density at radius 3 is 2.54 bits per heavy atom. The number of ketones is 1. The van der Waals surface area contributed by atoms with Crippen LogP contribution in [0.1, 0.15) is 44.6 Å². The molecular formula is C20H23NO6S. The van der Waals surface area contributed by atoms with Crippen molar-refractivity contribution in [3.8, 4) is 5.75 Å². The van der Waals surface area contributed by atoms with Crippen LogP contribution in [0, 0.1) is 13.8 Å². The number of benzene rings is 1. The van der Waals surface area contributed by atoms with Crippen molar-refractivity contribution in [1.82, 2.24) is 4.57 Å². The molecule has 0 spiro atoms. The van der Waals surface area contributed by atoms with Crippen LogP contribution in [0.25, 0.3) is 0 Å². The lowest BCUT2D eigenvalue weighted by Crippen LogP contribution is -2.17. The summed E-state index contributed by atoms with van der Waals surface area (Å²) in [6.07, 6.45) is 0.551. The first kappa shape index (κ1) is 20.1. The van der Waals surface area contributed by atoms with E-state index in [0.29, 0.717) is 12.0 Å². The van der Waals surface area contributed by atoms with E-state index in [1.54, 1.807) is 30.3 Å². The first-order chi connectivity index (χ1) is 13.2. The van der Waals surface area contributed by atoms with Crippen molar-refractivity contribution < 1.29 is 27.5 Å². The molecule has 0 N–H and O–H groups in total. The molecule has 0 unspecified atom stereocenters. The van der Waals surface area contributed by atoms with Crippen LogP contribution in [0.3, 0.4) is 0 Å². The van der Waals surface area contributed by atoms with Crippen molar-refractivity contribution in [2.75, 3.05) is 25.2 Å². The van der Waals surface area contributed by atoms with Crippen molar-refractivity contribution >= 4 is 21.6 Å². The minimum Gasteiger partial charge on any atom is -0.485 e. The number of nitrogens with zero attached hydrogens (tertiary/aromatic N) is 1. The van der Waals surface area contributed by atoms with Gasteiger partial charge in [-0.3, -0.25) is 4.79 Å². The van der Waals surface area contributed by atoms with Gasteiger partial charge in [0.05, 0.1) is 18.6 Å². The molecule has 0 amide bonds. The van der Waals surface area contributed by atoms with Crippen LogP contribution < -0.4 is 4.74 Å². The highest BCUT2D eigenvalue weighted by Crippen LogP contribution is 2.29. The Bertz CT molecular complexity index is 1020. The van der Waals surface area contributed by atoms with Gasteiger partial charge in [-0.25, -0.2) is 13.2 Å². The Morgan fingerprint density at radius 1 is 1.18 bits per heavy atom. The third-order valence-corrected chi connectivity index (χ3v) is 6.76. The van der Waals surface area contributed by atoms with Crippen LogP contribution in [0.4, 0.5) is 0 Å². The SMILES string of the molecule is COC(=O)c1ccccc1OCC(=O)c1cc(C)n([C@@H]2CCS(=O)(=O)C2)c1C. The molecule has 0 aliphatic carbocycles. The van der Waals surface area contributed by atoms with Crippen molar-refractivity contribution in [2.45, 2.75) is 26.3 Å². The second-order valence-corrected chi connectivity index (χ2v) is 9.14. The number of hydrogen-bond acceptors (Lipinski definition) is 6. The molecule has 1 aliphatic rings. The molecule has 1 saturated heterocycles. The maximum atomic E-state index is 12.7. The topological polar surface area (TPSA) is 91.7 Å². The van der Waals surface area contributed by atoms with E-state index in [0.717, 1.165) is 11.4 Å². The second-order valence-electron chi connectivity index (χ2n) is 6.91. The standard InChI is InChI=1S/C20H23NO6S/c1-13-10-17(14(2)21(13)15-8-9-28(24,25)12-15)18(22)11-27-19-7-5-4-6-16(19)20(23)26-3/h4-7,10,15H,8-9,11-12H2,1-3H3/t15-/m1/s1. The Kier molecular flexibility index (Phi) is 5.60. The lowest BCUT2D eigenvalue weighted by molar-refractivity contribution is 0.0594. The van der Waals surface area contributed by atoms with Crippen molar-refractivity contribution in [1.29, 1.82) is 0 Å². The van der Waals surface area contributed by atoms with Gasteiger partial charge < -0.3 is 14.0 Å². The zero-order valence-electron chi connectivity index (χ0n) is 16.1. The molecule has 150 valence electrons. The summed E-state index contributed by atoms with van der Waals surface area (Å²) >= 11 is 0. The number of aromatic nitrogens is 1. The monoisotopic (exact) mass is 405 g/mol. The zero-order valence-corrected chi connectivity index (χ0v) is 16.9. The molecule has 1 aliphatic heterocycles. The van der Waals surface area contributed by atoms with Crippen LogP contribution in [0.2, 0.25) is 0 Å². The molecule has 3 rings (SSSR count). The number of hydrogen-bond donors (Lipinski definition) is 0. The van der Waals surface area contributed by atoms with Gasteiger partial charge in [0.25, 0.3) is 0 Å². The van der Waals surface area contributed by atoms with Gasteiger partial charge in [-0.1, -0.05) is 12.1 Å². The predicted octanol–water partition coefficient (Wildman–Crippen LogP) is 2.51. The van der Waals surface area contributed by atoms with Gasteiger partial charge in [0.1, 0.15) is 11.3 Å². The summed E-state index contributed by atoms with van der Waals surface area (Å²) in [7, 11) is -1.74. The highest BCUT2D eigenvalue weighted by atomic mass is 32.2. The third kappa shape index (κ3) is 3.96. The minimum atomic E-state index is -3.02. The number of sulfone groups is 1. The molecule has 0 radical (unpaired) electrons. The second kappa shape index (κ2) is 7.79. The Hall–Kier alpha value is -2.61. The summed E-state index contributed by atoms with van der Waals surface area (Å²) in [5.41, 5.74) is 2.32. The fourth-order valence-electron chi connectivity index (χ4n) is 3.69. The van der Waals surface area contributed by atoms with Crippen LogP contribution in [0.15, 0.2) is 30.3 Å². The van der Waals surface area contributed by atoms with Gasteiger partial charge in [-0.05, 0) is 38.5 Å². The number of Topliss-reactive ketones (excluding diaryl/α,β-unsaturated/α-hetero) is 1. The number of ether oxygens (including phenoxy) is 2. The number of para-hydroxylation sites is 1. The lowest BCUT2D eigenvalue weighted by atomic mass is 10.1. The van der Waals surface area contributed by atoms with Crippen molar-refractivity contribution in [3.05, 3.63) is 52.8 Å². The van der Waals surface area contributed by atoms with Gasteiger partial charge in [-0.2, -0.15) is 0 Å². The third-order valence-electron chi connectivity index (χ3n) is 5.01. The lowest BCUT2D eigenvalue weighted by Gasteiger charge is -2.16. The van der Waals surface area contributed by atoms with E-state index in [-0.39, 0.29) is 41.3 Å². The van der Waals surface area contributed by atoms with Gasteiger partial charge >= 0.3 is 5.97 Å². The molecular weight excluding hydrogens is 382 g/mol. The van der Waals surface area contributed by atoms with E-state index in [1.807, 2.05) is 18.4 Å². The average molecular weight is 405 g/mol. The molecule has 1 atom stereocenters. The Morgan fingerprint density at radius 2 is 1.89 bits per heavy atom. The van der Waals surface area contributed by atoms with E-state index >= 15 is 0 Å². The van der Waals surface area contributed by atoms with Crippen LogP contribution in [0.5, 0.6) is 5.75 Å². The molecule has 1 fully saturated rings. The summed E-state index contributed by atoms with van der Waals surface area (Å²) in [5, 5.41) is 0. The first-order valence-electron chi connectivity index (χ1n) is 8.95. The zero-order chi connectivity index (χ0) is 20.5. The van der Waals surface area contributed by atoms with E-state index in [2.05, 4.69) is 0 Å². The van der Waals surface area contributed by atoms with Gasteiger partial charge in [0, 0.05) is 23.0 Å². The van der Waals surface area contributed by atoms with Crippen LogP contribution >= 0.6 is 0 Å². The molecule has 28 heavy (non-hydrogen) atoms. The van der Waals surface area contributed by atoms with Crippen molar-refractivity contribution in [3.63, 3.8) is 0 Å². The van der Waals surface area contributed by atoms with E-state index in [1.165, 1.54) is 7.11 Å². The molecule has 7 nitrogen and oxygen atoms in total. The maximum Gasteiger partial charge on any atom is 0.341 e. The fraction of sp³-hybridized carbons (Fsp3) is 0.400. The molecule has 0 bridgehead atoms. The molecule has 2 aromatic rings. The smallest absolute Gasteiger partial charge is 0.341 e. The molecule has 0 saturated carbocycles. The highest BCUT2D eigenvalue weighted by molar-refractivity contribution is 7.91. The van der Waals surface area contributed by atoms with Gasteiger partial charge in [-0.15, -0.1) is 0 Å². The normalized spacial score (nSPS) is 18.0. The molecule has 1 aromatic carbocycles. The summed E-state index contributed by atoms with van der Waals surface area (Å²) in [5.74, 6) is -0.229. The Balaban J connectivity index is 1.78. The van der Waals surface area contributed by atoms with Crippen LogP contribution in [-0.2, 0) is 14.6 Å². The molecule has 8 heteroatoms. The summed E-state index contributed by atoms with van der Waals surface area (Å²) < 4.78 is 35.9.